The summed E-state index contributed by atoms with van der Waals surface area (Å²) in [7, 11) is 0. The van der Waals surface area contributed by atoms with Crippen molar-refractivity contribution in [1.82, 2.24) is 0 Å². The lowest BCUT2D eigenvalue weighted by Crippen LogP contribution is -1.98. The van der Waals surface area contributed by atoms with Gasteiger partial charge < -0.3 is 0 Å². The average molecular weight is 241 g/mol. The van der Waals surface area contributed by atoms with Crippen LogP contribution in [-0.4, -0.2) is 0 Å². The lowest BCUT2D eigenvalue weighted by atomic mass is 9.98. The summed E-state index contributed by atoms with van der Waals surface area (Å²) in [6.07, 6.45) is 2.07. The minimum Gasteiger partial charge on any atom is -0.149 e. The maximum absolute atomic E-state index is 8.76. The van der Waals surface area contributed by atoms with E-state index in [1.165, 1.54) is 16.0 Å². The van der Waals surface area contributed by atoms with Gasteiger partial charge in [0.2, 0.25) is 0 Å². The van der Waals surface area contributed by atoms with Gasteiger partial charge in [0.1, 0.15) is 0 Å². The molecule has 3 nitrogen and oxygen atoms in total. The number of thiophene rings is 1. The molecular formula is C13H11N3S. The first-order valence-electron chi connectivity index (χ1n) is 5.58. The topological polar surface area (TPSA) is 48.8 Å². The summed E-state index contributed by atoms with van der Waals surface area (Å²) < 4.78 is 0. The average Bonchev–Trinajstić information content (AvgIpc) is 2.77. The fourth-order valence-electron chi connectivity index (χ4n) is 2.42. The van der Waals surface area contributed by atoms with E-state index in [9.17, 15) is 0 Å². The van der Waals surface area contributed by atoms with E-state index < -0.39 is 0 Å². The number of rotatable bonds is 1. The van der Waals surface area contributed by atoms with Crippen LogP contribution in [0.1, 0.15) is 27.6 Å². The monoisotopic (exact) mass is 241 g/mol. The largest absolute Gasteiger partial charge is 0.149 e. The Bertz CT molecular complexity index is 596. The first-order valence-corrected chi connectivity index (χ1v) is 6.46. The highest BCUT2D eigenvalue weighted by atomic mass is 32.1. The molecule has 0 bridgehead atoms. The number of aryl methyl sites for hydroxylation is 2. The lowest BCUT2D eigenvalue weighted by Gasteiger charge is -2.12. The van der Waals surface area contributed by atoms with Gasteiger partial charge in [-0.2, -0.15) is 0 Å². The molecule has 2 aromatic rings. The maximum Gasteiger partial charge on any atom is 0.0889 e. The molecule has 1 atom stereocenters. The van der Waals surface area contributed by atoms with E-state index in [4.69, 9.17) is 5.53 Å². The quantitative estimate of drug-likeness (QED) is 0.407. The molecule has 0 fully saturated rings. The van der Waals surface area contributed by atoms with Gasteiger partial charge >= 0.3 is 0 Å². The first kappa shape index (κ1) is 10.4. The van der Waals surface area contributed by atoms with Crippen molar-refractivity contribution in [2.24, 2.45) is 5.11 Å². The molecule has 0 saturated heterocycles. The smallest absolute Gasteiger partial charge is 0.0889 e. The Morgan fingerprint density at radius 2 is 2.06 bits per heavy atom. The summed E-state index contributed by atoms with van der Waals surface area (Å²) in [6, 6.07) is 10.2. The molecule has 0 radical (unpaired) electrons. The third-order valence-corrected chi connectivity index (χ3v) is 4.21. The predicted molar refractivity (Wildman–Crippen MR) is 69.2 cm³/mol. The summed E-state index contributed by atoms with van der Waals surface area (Å²) in [5.74, 6) is 0. The highest BCUT2D eigenvalue weighted by Gasteiger charge is 2.22. The SMILES string of the molecule is [N-]=[N+]=NC1c2ccccc2CCc2sccc21. The zero-order chi connectivity index (χ0) is 11.7. The minimum atomic E-state index is -0.153. The molecule has 0 amide bonds. The van der Waals surface area contributed by atoms with Crippen molar-refractivity contribution in [3.05, 3.63) is 67.7 Å². The molecule has 1 aliphatic rings. The molecular weight excluding hydrogens is 230 g/mol. The van der Waals surface area contributed by atoms with Gasteiger partial charge in [-0.15, -0.1) is 11.3 Å². The Morgan fingerprint density at radius 1 is 1.18 bits per heavy atom. The Morgan fingerprint density at radius 3 is 2.94 bits per heavy atom. The van der Waals surface area contributed by atoms with Gasteiger partial charge in [0, 0.05) is 9.79 Å². The third-order valence-electron chi connectivity index (χ3n) is 3.21. The Balaban J connectivity index is 2.22. The zero-order valence-corrected chi connectivity index (χ0v) is 10.0. The van der Waals surface area contributed by atoms with E-state index in [1.807, 2.05) is 12.1 Å². The van der Waals surface area contributed by atoms with E-state index in [1.54, 1.807) is 11.3 Å². The van der Waals surface area contributed by atoms with Gasteiger partial charge in [-0.3, -0.25) is 0 Å². The van der Waals surface area contributed by atoms with Crippen molar-refractivity contribution in [3.8, 4) is 0 Å². The van der Waals surface area contributed by atoms with Gasteiger partial charge in [-0.25, -0.2) is 0 Å². The number of hydrogen-bond donors (Lipinski definition) is 0. The number of nitrogens with zero attached hydrogens (tertiary/aromatic N) is 3. The Labute approximate surface area is 103 Å². The van der Waals surface area contributed by atoms with Crippen LogP contribution in [0.3, 0.4) is 0 Å². The number of hydrogen-bond acceptors (Lipinski definition) is 2. The van der Waals surface area contributed by atoms with Crippen LogP contribution in [-0.2, 0) is 12.8 Å². The summed E-state index contributed by atoms with van der Waals surface area (Å²) >= 11 is 1.76. The van der Waals surface area contributed by atoms with E-state index in [0.29, 0.717) is 0 Å². The molecule has 0 saturated carbocycles. The highest BCUT2D eigenvalue weighted by molar-refractivity contribution is 7.10. The van der Waals surface area contributed by atoms with Crippen LogP contribution in [0.5, 0.6) is 0 Å². The van der Waals surface area contributed by atoms with Crippen molar-refractivity contribution in [2.45, 2.75) is 18.9 Å². The second-order valence-electron chi connectivity index (χ2n) is 4.11. The molecule has 3 rings (SSSR count). The predicted octanol–water partition coefficient (Wildman–Crippen LogP) is 4.25. The molecule has 17 heavy (non-hydrogen) atoms. The molecule has 0 aliphatic heterocycles. The van der Waals surface area contributed by atoms with E-state index >= 15 is 0 Å². The summed E-state index contributed by atoms with van der Waals surface area (Å²) in [4.78, 5) is 4.35. The normalized spacial score (nSPS) is 17.5. The van der Waals surface area contributed by atoms with Crippen molar-refractivity contribution >= 4 is 11.3 Å². The van der Waals surface area contributed by atoms with Gasteiger partial charge in [0.15, 0.2) is 0 Å². The molecule has 1 aromatic carbocycles. The summed E-state index contributed by atoms with van der Waals surface area (Å²) in [5.41, 5.74) is 12.4. The van der Waals surface area contributed by atoms with Crippen molar-refractivity contribution < 1.29 is 0 Å². The van der Waals surface area contributed by atoms with Gasteiger partial charge in [-0.1, -0.05) is 29.4 Å². The third kappa shape index (κ3) is 1.71. The lowest BCUT2D eigenvalue weighted by molar-refractivity contribution is 0.857. The van der Waals surface area contributed by atoms with E-state index in [-0.39, 0.29) is 6.04 Å². The molecule has 1 aromatic heterocycles. The molecule has 1 heterocycles. The van der Waals surface area contributed by atoms with Gasteiger partial charge in [0.05, 0.1) is 6.04 Å². The van der Waals surface area contributed by atoms with Crippen molar-refractivity contribution in [1.29, 1.82) is 0 Å². The summed E-state index contributed by atoms with van der Waals surface area (Å²) in [6.45, 7) is 0. The second kappa shape index (κ2) is 4.24. The molecule has 0 spiro atoms. The molecule has 1 unspecified atom stereocenters. The van der Waals surface area contributed by atoms with E-state index in [0.717, 1.165) is 18.4 Å². The zero-order valence-electron chi connectivity index (χ0n) is 9.21. The van der Waals surface area contributed by atoms with Gasteiger partial charge in [-0.05, 0) is 46.5 Å². The van der Waals surface area contributed by atoms with E-state index in [2.05, 4.69) is 33.6 Å². The van der Waals surface area contributed by atoms with Gasteiger partial charge in [0.25, 0.3) is 0 Å². The second-order valence-corrected chi connectivity index (χ2v) is 5.11. The Hall–Kier alpha value is -1.77. The van der Waals surface area contributed by atoms with Crippen LogP contribution in [0.15, 0.2) is 40.8 Å². The number of benzene rings is 1. The van der Waals surface area contributed by atoms with Crippen LogP contribution in [0.4, 0.5) is 0 Å². The fraction of sp³-hybridized carbons (Fsp3) is 0.231. The standard InChI is InChI=1S/C13H11N3S/c14-16-15-13-10-4-2-1-3-9(10)5-6-12-11(13)7-8-17-12/h1-4,7-8,13H,5-6H2. The minimum absolute atomic E-state index is 0.153. The fourth-order valence-corrected chi connectivity index (χ4v) is 3.33. The Kier molecular flexibility index (Phi) is 2.59. The van der Waals surface area contributed by atoms with Crippen molar-refractivity contribution in [2.75, 3.05) is 0 Å². The maximum atomic E-state index is 8.76. The van der Waals surface area contributed by atoms with Crippen LogP contribution < -0.4 is 0 Å². The number of azide groups is 1. The molecule has 1 aliphatic carbocycles. The van der Waals surface area contributed by atoms with Crippen molar-refractivity contribution in [3.63, 3.8) is 0 Å². The van der Waals surface area contributed by atoms with Crippen LogP contribution in [0, 0.1) is 0 Å². The molecule has 4 heteroatoms. The first-order chi connectivity index (χ1) is 8.40. The van der Waals surface area contributed by atoms with Crippen LogP contribution >= 0.6 is 11.3 Å². The van der Waals surface area contributed by atoms with Crippen LogP contribution in [0.2, 0.25) is 0 Å². The molecule has 0 N–H and O–H groups in total. The molecule has 84 valence electrons. The highest BCUT2D eigenvalue weighted by Crippen LogP contribution is 2.37. The summed E-state index contributed by atoms with van der Waals surface area (Å²) in [5, 5.41) is 6.07. The number of fused-ring (bicyclic) bond motifs is 2. The van der Waals surface area contributed by atoms with Crippen LogP contribution in [0.25, 0.3) is 10.4 Å².